The Morgan fingerprint density at radius 1 is 1.67 bits per heavy atom. The SMILES string of the molecule is COC(=O)c1cnc2c(c1)OCC(=O)N2. The Bertz CT molecular complexity index is 430. The number of esters is 1. The summed E-state index contributed by atoms with van der Waals surface area (Å²) in [6.45, 7) is -0.0701. The Kier molecular flexibility index (Phi) is 2.24. The van der Waals surface area contributed by atoms with Crippen LogP contribution >= 0.6 is 0 Å². The molecule has 15 heavy (non-hydrogen) atoms. The molecule has 0 radical (unpaired) electrons. The lowest BCUT2D eigenvalue weighted by atomic mass is 10.2. The molecule has 0 saturated carbocycles. The number of hydrogen-bond acceptors (Lipinski definition) is 5. The van der Waals surface area contributed by atoms with Crippen LogP contribution < -0.4 is 10.1 Å². The van der Waals surface area contributed by atoms with Gasteiger partial charge in [0.05, 0.1) is 12.7 Å². The zero-order chi connectivity index (χ0) is 10.8. The summed E-state index contributed by atoms with van der Waals surface area (Å²) in [6.07, 6.45) is 1.32. The lowest BCUT2D eigenvalue weighted by molar-refractivity contribution is -0.118. The average molecular weight is 208 g/mol. The molecule has 6 nitrogen and oxygen atoms in total. The van der Waals surface area contributed by atoms with Gasteiger partial charge in [-0.3, -0.25) is 4.79 Å². The maximum Gasteiger partial charge on any atom is 0.339 e. The van der Waals surface area contributed by atoms with Gasteiger partial charge in [-0.2, -0.15) is 0 Å². The third-order valence-corrected chi connectivity index (χ3v) is 1.89. The lowest BCUT2D eigenvalue weighted by Crippen LogP contribution is -2.26. The van der Waals surface area contributed by atoms with Crippen LogP contribution in [0.3, 0.4) is 0 Å². The summed E-state index contributed by atoms with van der Waals surface area (Å²) in [4.78, 5) is 26.0. The highest BCUT2D eigenvalue weighted by Crippen LogP contribution is 2.25. The van der Waals surface area contributed by atoms with Crippen molar-refractivity contribution in [3.63, 3.8) is 0 Å². The number of pyridine rings is 1. The van der Waals surface area contributed by atoms with Crippen LogP contribution in [0.2, 0.25) is 0 Å². The van der Waals surface area contributed by atoms with Crippen LogP contribution in [0.4, 0.5) is 5.82 Å². The van der Waals surface area contributed by atoms with Gasteiger partial charge in [-0.1, -0.05) is 0 Å². The topological polar surface area (TPSA) is 77.5 Å². The molecular formula is C9H8N2O4. The number of aromatic nitrogens is 1. The number of rotatable bonds is 1. The molecule has 1 aromatic heterocycles. The Hall–Kier alpha value is -2.11. The summed E-state index contributed by atoms with van der Waals surface area (Å²) in [7, 11) is 1.28. The standard InChI is InChI=1S/C9H8N2O4/c1-14-9(13)5-2-6-8(10-3-5)11-7(12)4-15-6/h2-3H,4H2,1H3,(H,10,11,12). The molecule has 0 bridgehead atoms. The third-order valence-electron chi connectivity index (χ3n) is 1.89. The molecule has 1 amide bonds. The Morgan fingerprint density at radius 2 is 2.47 bits per heavy atom. The third kappa shape index (κ3) is 1.74. The Labute approximate surface area is 85.2 Å². The van der Waals surface area contributed by atoms with Gasteiger partial charge in [-0.15, -0.1) is 0 Å². The second-order valence-electron chi connectivity index (χ2n) is 2.90. The van der Waals surface area contributed by atoms with Gasteiger partial charge in [0.25, 0.3) is 5.91 Å². The number of anilines is 1. The second-order valence-corrected chi connectivity index (χ2v) is 2.90. The van der Waals surface area contributed by atoms with Crippen molar-refractivity contribution in [1.82, 2.24) is 4.98 Å². The molecule has 1 N–H and O–H groups in total. The van der Waals surface area contributed by atoms with E-state index < -0.39 is 5.97 Å². The predicted octanol–water partition coefficient (Wildman–Crippen LogP) is 0.199. The van der Waals surface area contributed by atoms with Gasteiger partial charge in [0, 0.05) is 12.3 Å². The minimum atomic E-state index is -0.495. The second kappa shape index (κ2) is 3.56. The molecule has 0 aliphatic carbocycles. The number of methoxy groups -OCH3 is 1. The van der Waals surface area contributed by atoms with Crippen LogP contribution in [-0.2, 0) is 9.53 Å². The van der Waals surface area contributed by atoms with Gasteiger partial charge in [0.2, 0.25) is 0 Å². The maximum atomic E-state index is 11.2. The summed E-state index contributed by atoms with van der Waals surface area (Å²) >= 11 is 0. The summed E-state index contributed by atoms with van der Waals surface area (Å²) in [5.74, 6) is -0.0666. The zero-order valence-corrected chi connectivity index (χ0v) is 7.94. The fourth-order valence-electron chi connectivity index (χ4n) is 1.19. The number of ether oxygens (including phenoxy) is 2. The van der Waals surface area contributed by atoms with Crippen molar-refractivity contribution in [3.8, 4) is 5.75 Å². The van der Waals surface area contributed by atoms with Crippen LogP contribution in [0.25, 0.3) is 0 Å². The number of nitrogens with one attached hydrogen (secondary N) is 1. The van der Waals surface area contributed by atoms with E-state index in [1.807, 2.05) is 0 Å². The molecule has 1 aromatic rings. The van der Waals surface area contributed by atoms with E-state index in [0.29, 0.717) is 11.6 Å². The highest BCUT2D eigenvalue weighted by atomic mass is 16.5. The van der Waals surface area contributed by atoms with E-state index in [2.05, 4.69) is 15.0 Å². The van der Waals surface area contributed by atoms with Gasteiger partial charge < -0.3 is 14.8 Å². The summed E-state index contributed by atoms with van der Waals surface area (Å²) in [6, 6.07) is 1.48. The van der Waals surface area contributed by atoms with Crippen molar-refractivity contribution in [3.05, 3.63) is 17.8 Å². The number of carbonyl (C=O) groups is 2. The van der Waals surface area contributed by atoms with E-state index in [-0.39, 0.29) is 18.1 Å². The minimum absolute atomic E-state index is 0.0701. The number of amides is 1. The molecule has 6 heteroatoms. The Morgan fingerprint density at radius 3 is 3.20 bits per heavy atom. The fraction of sp³-hybridized carbons (Fsp3) is 0.222. The van der Waals surface area contributed by atoms with Crippen molar-refractivity contribution < 1.29 is 19.1 Å². The van der Waals surface area contributed by atoms with E-state index in [0.717, 1.165) is 0 Å². The predicted molar refractivity (Wildman–Crippen MR) is 49.7 cm³/mol. The quantitative estimate of drug-likeness (QED) is 0.667. The summed E-state index contributed by atoms with van der Waals surface area (Å²) < 4.78 is 9.62. The molecule has 2 rings (SSSR count). The van der Waals surface area contributed by atoms with E-state index in [9.17, 15) is 9.59 Å². The lowest BCUT2D eigenvalue weighted by Gasteiger charge is -2.16. The first-order chi connectivity index (χ1) is 7.20. The van der Waals surface area contributed by atoms with Crippen LogP contribution in [0, 0.1) is 0 Å². The van der Waals surface area contributed by atoms with E-state index >= 15 is 0 Å². The monoisotopic (exact) mass is 208 g/mol. The van der Waals surface area contributed by atoms with E-state index in [1.54, 1.807) is 0 Å². The molecule has 0 aromatic carbocycles. The van der Waals surface area contributed by atoms with Crippen molar-refractivity contribution in [2.45, 2.75) is 0 Å². The van der Waals surface area contributed by atoms with Crippen molar-refractivity contribution in [2.75, 3.05) is 19.0 Å². The molecule has 0 saturated heterocycles. The van der Waals surface area contributed by atoms with Crippen LogP contribution in [-0.4, -0.2) is 30.6 Å². The van der Waals surface area contributed by atoms with Crippen molar-refractivity contribution in [1.29, 1.82) is 0 Å². The fourth-order valence-corrected chi connectivity index (χ4v) is 1.19. The largest absolute Gasteiger partial charge is 0.480 e. The van der Waals surface area contributed by atoms with Gasteiger partial charge in [-0.25, -0.2) is 9.78 Å². The molecule has 78 valence electrons. The Balaban J connectivity index is 2.34. The smallest absolute Gasteiger partial charge is 0.339 e. The van der Waals surface area contributed by atoms with Gasteiger partial charge in [0.15, 0.2) is 18.2 Å². The van der Waals surface area contributed by atoms with Crippen LogP contribution in [0.15, 0.2) is 12.3 Å². The zero-order valence-electron chi connectivity index (χ0n) is 7.94. The molecule has 0 atom stereocenters. The van der Waals surface area contributed by atoms with Crippen LogP contribution in [0.5, 0.6) is 5.75 Å². The van der Waals surface area contributed by atoms with Crippen molar-refractivity contribution in [2.24, 2.45) is 0 Å². The van der Waals surface area contributed by atoms with Crippen molar-refractivity contribution >= 4 is 17.7 Å². The summed E-state index contributed by atoms with van der Waals surface area (Å²) in [5, 5.41) is 2.52. The first kappa shape index (κ1) is 9.45. The highest BCUT2D eigenvalue weighted by molar-refractivity contribution is 5.95. The van der Waals surface area contributed by atoms with Gasteiger partial charge >= 0.3 is 5.97 Å². The van der Waals surface area contributed by atoms with Crippen LogP contribution in [0.1, 0.15) is 10.4 Å². The molecule has 1 aliphatic rings. The number of fused-ring (bicyclic) bond motifs is 1. The molecule has 0 spiro atoms. The van der Waals surface area contributed by atoms with Gasteiger partial charge in [-0.05, 0) is 0 Å². The molecular weight excluding hydrogens is 200 g/mol. The number of carbonyl (C=O) groups excluding carboxylic acids is 2. The minimum Gasteiger partial charge on any atom is -0.480 e. The van der Waals surface area contributed by atoms with Gasteiger partial charge in [0.1, 0.15) is 0 Å². The summed E-state index contributed by atoms with van der Waals surface area (Å²) in [5.41, 5.74) is 0.285. The normalized spacial score (nSPS) is 13.5. The molecule has 0 fully saturated rings. The first-order valence-electron chi connectivity index (χ1n) is 4.21. The molecule has 1 aliphatic heterocycles. The first-order valence-corrected chi connectivity index (χ1v) is 4.21. The molecule has 2 heterocycles. The number of nitrogens with zero attached hydrogens (tertiary/aromatic N) is 1. The average Bonchev–Trinajstić information content (AvgIpc) is 2.27. The molecule has 0 unspecified atom stereocenters. The number of hydrogen-bond donors (Lipinski definition) is 1. The van der Waals surface area contributed by atoms with E-state index in [1.165, 1.54) is 19.4 Å². The maximum absolute atomic E-state index is 11.2. The highest BCUT2D eigenvalue weighted by Gasteiger charge is 2.19. The van der Waals surface area contributed by atoms with E-state index in [4.69, 9.17) is 4.74 Å².